The molecule has 6 nitrogen and oxygen atoms in total. The lowest BCUT2D eigenvalue weighted by molar-refractivity contribution is -0.123. The molecular formula is C14H16Cl2N2O4. The second kappa shape index (κ2) is 7.47. The standard InChI is InChI=1S/C14H16Cl2N2O4/c1-14(2,3)18-13(21)17-11(19)7-22-12(20)8-4-9(15)6-10(16)5-8/h4-6H,7H2,1-3H3,(H2,17,18,19,21). The van der Waals surface area contributed by atoms with Crippen LogP contribution >= 0.6 is 23.2 Å². The fourth-order valence-electron chi connectivity index (χ4n) is 1.42. The van der Waals surface area contributed by atoms with Gasteiger partial charge in [0, 0.05) is 15.6 Å². The Morgan fingerprint density at radius 3 is 2.14 bits per heavy atom. The summed E-state index contributed by atoms with van der Waals surface area (Å²) in [4.78, 5) is 34.7. The Balaban J connectivity index is 2.50. The van der Waals surface area contributed by atoms with Crippen molar-refractivity contribution in [1.29, 1.82) is 0 Å². The fourth-order valence-corrected chi connectivity index (χ4v) is 1.95. The predicted octanol–water partition coefficient (Wildman–Crippen LogP) is 2.77. The van der Waals surface area contributed by atoms with Gasteiger partial charge in [0.2, 0.25) is 0 Å². The van der Waals surface area contributed by atoms with Gasteiger partial charge in [-0.05, 0) is 39.0 Å². The first-order chi connectivity index (χ1) is 10.1. The van der Waals surface area contributed by atoms with E-state index in [2.05, 4.69) is 5.32 Å². The molecule has 8 heteroatoms. The maximum Gasteiger partial charge on any atom is 0.338 e. The van der Waals surface area contributed by atoms with Crippen LogP contribution in [-0.2, 0) is 9.53 Å². The van der Waals surface area contributed by atoms with Crippen LogP contribution in [-0.4, -0.2) is 30.1 Å². The zero-order chi connectivity index (χ0) is 16.9. The highest BCUT2D eigenvalue weighted by molar-refractivity contribution is 6.35. The summed E-state index contributed by atoms with van der Waals surface area (Å²) in [5.74, 6) is -1.51. The van der Waals surface area contributed by atoms with Crippen molar-refractivity contribution in [3.05, 3.63) is 33.8 Å². The van der Waals surface area contributed by atoms with Gasteiger partial charge in [-0.3, -0.25) is 10.1 Å². The Hall–Kier alpha value is -1.79. The number of nitrogens with one attached hydrogen (secondary N) is 2. The molecule has 0 atom stereocenters. The molecule has 0 saturated heterocycles. The minimum atomic E-state index is -0.768. The van der Waals surface area contributed by atoms with E-state index in [1.54, 1.807) is 20.8 Å². The highest BCUT2D eigenvalue weighted by Gasteiger charge is 2.17. The highest BCUT2D eigenvalue weighted by atomic mass is 35.5. The number of esters is 1. The van der Waals surface area contributed by atoms with Gasteiger partial charge in [0.1, 0.15) is 0 Å². The summed E-state index contributed by atoms with van der Waals surface area (Å²) in [5, 5.41) is 5.13. The number of hydrogen-bond acceptors (Lipinski definition) is 4. The summed E-state index contributed by atoms with van der Waals surface area (Å²) in [7, 11) is 0. The summed E-state index contributed by atoms with van der Waals surface area (Å²) >= 11 is 11.5. The Morgan fingerprint density at radius 1 is 1.09 bits per heavy atom. The molecule has 22 heavy (non-hydrogen) atoms. The minimum absolute atomic E-state index is 0.115. The third kappa shape index (κ3) is 6.78. The summed E-state index contributed by atoms with van der Waals surface area (Å²) in [6, 6.07) is 3.52. The van der Waals surface area contributed by atoms with Crippen LogP contribution in [0.25, 0.3) is 0 Å². The van der Waals surface area contributed by atoms with Gasteiger partial charge in [0.25, 0.3) is 5.91 Å². The van der Waals surface area contributed by atoms with Crippen LogP contribution in [0.2, 0.25) is 10.0 Å². The van der Waals surface area contributed by atoms with Crippen molar-refractivity contribution in [1.82, 2.24) is 10.6 Å². The zero-order valence-corrected chi connectivity index (χ0v) is 13.8. The summed E-state index contributed by atoms with van der Waals surface area (Å²) < 4.78 is 4.78. The molecule has 0 aliphatic carbocycles. The van der Waals surface area contributed by atoms with E-state index in [1.807, 2.05) is 5.32 Å². The van der Waals surface area contributed by atoms with Crippen LogP contribution in [0.4, 0.5) is 4.79 Å². The number of hydrogen-bond donors (Lipinski definition) is 2. The van der Waals surface area contributed by atoms with Crippen molar-refractivity contribution >= 4 is 41.1 Å². The monoisotopic (exact) mass is 346 g/mol. The molecule has 3 amide bonds. The van der Waals surface area contributed by atoms with E-state index in [1.165, 1.54) is 18.2 Å². The maximum atomic E-state index is 11.7. The molecule has 0 aromatic heterocycles. The third-order valence-electron chi connectivity index (χ3n) is 2.17. The quantitative estimate of drug-likeness (QED) is 0.824. The number of rotatable bonds is 3. The molecule has 120 valence electrons. The number of carbonyl (C=O) groups is 3. The number of amides is 3. The fraction of sp³-hybridized carbons (Fsp3) is 0.357. The molecule has 0 bridgehead atoms. The van der Waals surface area contributed by atoms with E-state index in [9.17, 15) is 14.4 Å². The van der Waals surface area contributed by atoms with Crippen LogP contribution in [0, 0.1) is 0 Å². The van der Waals surface area contributed by atoms with Crippen LogP contribution < -0.4 is 10.6 Å². The van der Waals surface area contributed by atoms with E-state index in [4.69, 9.17) is 27.9 Å². The Bertz CT molecular complexity index is 577. The molecule has 1 aromatic carbocycles. The second-order valence-corrected chi connectivity index (χ2v) is 6.36. The van der Waals surface area contributed by atoms with Crippen molar-refractivity contribution in [2.45, 2.75) is 26.3 Å². The molecule has 0 aliphatic rings. The lowest BCUT2D eigenvalue weighted by atomic mass is 10.1. The van der Waals surface area contributed by atoms with Gasteiger partial charge < -0.3 is 10.1 Å². The van der Waals surface area contributed by atoms with Crippen LogP contribution in [0.3, 0.4) is 0 Å². The number of carbonyl (C=O) groups excluding carboxylic acids is 3. The number of urea groups is 1. The molecule has 0 aliphatic heterocycles. The van der Waals surface area contributed by atoms with Crippen LogP contribution in [0.15, 0.2) is 18.2 Å². The first-order valence-corrected chi connectivity index (χ1v) is 7.07. The lowest BCUT2D eigenvalue weighted by Gasteiger charge is -2.20. The smallest absolute Gasteiger partial charge is 0.338 e. The normalized spacial score (nSPS) is 10.8. The van der Waals surface area contributed by atoms with Gasteiger partial charge in [0.05, 0.1) is 5.56 Å². The molecular weight excluding hydrogens is 331 g/mol. The van der Waals surface area contributed by atoms with E-state index in [0.29, 0.717) is 0 Å². The van der Waals surface area contributed by atoms with Crippen molar-refractivity contribution < 1.29 is 19.1 Å². The Morgan fingerprint density at radius 2 is 1.64 bits per heavy atom. The zero-order valence-electron chi connectivity index (χ0n) is 12.3. The highest BCUT2D eigenvalue weighted by Crippen LogP contribution is 2.19. The van der Waals surface area contributed by atoms with E-state index in [-0.39, 0.29) is 15.6 Å². The van der Waals surface area contributed by atoms with Crippen molar-refractivity contribution in [3.8, 4) is 0 Å². The SMILES string of the molecule is CC(C)(C)NC(=O)NC(=O)COC(=O)c1cc(Cl)cc(Cl)c1. The van der Waals surface area contributed by atoms with Crippen molar-refractivity contribution in [2.75, 3.05) is 6.61 Å². The molecule has 0 spiro atoms. The molecule has 0 radical (unpaired) electrons. The van der Waals surface area contributed by atoms with Gasteiger partial charge in [-0.15, -0.1) is 0 Å². The van der Waals surface area contributed by atoms with E-state index >= 15 is 0 Å². The third-order valence-corrected chi connectivity index (χ3v) is 2.61. The Kier molecular flexibility index (Phi) is 6.20. The summed E-state index contributed by atoms with van der Waals surface area (Å²) in [6.45, 7) is 4.69. The number of ether oxygens (including phenoxy) is 1. The number of benzene rings is 1. The first kappa shape index (κ1) is 18.3. The maximum absolute atomic E-state index is 11.7. The van der Waals surface area contributed by atoms with Gasteiger partial charge >= 0.3 is 12.0 Å². The average Bonchev–Trinajstić information content (AvgIpc) is 2.32. The topological polar surface area (TPSA) is 84.5 Å². The van der Waals surface area contributed by atoms with Gasteiger partial charge in [-0.2, -0.15) is 0 Å². The average molecular weight is 347 g/mol. The molecule has 1 aromatic rings. The van der Waals surface area contributed by atoms with Gasteiger partial charge in [-0.1, -0.05) is 23.2 Å². The Labute approximate surface area is 138 Å². The van der Waals surface area contributed by atoms with E-state index < -0.39 is 30.1 Å². The van der Waals surface area contributed by atoms with Crippen LogP contribution in [0.5, 0.6) is 0 Å². The first-order valence-electron chi connectivity index (χ1n) is 6.32. The molecule has 0 heterocycles. The summed E-state index contributed by atoms with van der Waals surface area (Å²) in [5.41, 5.74) is -0.372. The summed E-state index contributed by atoms with van der Waals surface area (Å²) in [6.07, 6.45) is 0. The molecule has 0 saturated carbocycles. The number of halogens is 2. The second-order valence-electron chi connectivity index (χ2n) is 5.49. The van der Waals surface area contributed by atoms with Crippen molar-refractivity contribution in [2.24, 2.45) is 0 Å². The molecule has 1 rings (SSSR count). The van der Waals surface area contributed by atoms with Gasteiger partial charge in [0.15, 0.2) is 6.61 Å². The lowest BCUT2D eigenvalue weighted by Crippen LogP contribution is -2.49. The molecule has 0 unspecified atom stereocenters. The molecule has 2 N–H and O–H groups in total. The predicted molar refractivity (Wildman–Crippen MR) is 83.2 cm³/mol. The van der Waals surface area contributed by atoms with E-state index in [0.717, 1.165) is 0 Å². The molecule has 0 fully saturated rings. The number of imide groups is 1. The van der Waals surface area contributed by atoms with Gasteiger partial charge in [-0.25, -0.2) is 9.59 Å². The minimum Gasteiger partial charge on any atom is -0.452 e. The van der Waals surface area contributed by atoms with Crippen LogP contribution in [0.1, 0.15) is 31.1 Å². The van der Waals surface area contributed by atoms with Crippen molar-refractivity contribution in [3.63, 3.8) is 0 Å². The largest absolute Gasteiger partial charge is 0.452 e.